The van der Waals surface area contributed by atoms with Crippen molar-refractivity contribution in [2.24, 2.45) is 5.92 Å². The standard InChI is InChI=1S/C14H24N2O3/c1-4-16(8-11(2)3)13(17)10-15-7-5-6-12(9-15)14(18)19/h12H,2,4-10H2,1,3H3,(H,18,19). The third kappa shape index (κ3) is 5.03. The van der Waals surface area contributed by atoms with Crippen LogP contribution in [0.15, 0.2) is 12.2 Å². The molecule has 1 N–H and O–H groups in total. The summed E-state index contributed by atoms with van der Waals surface area (Å²) in [5.74, 6) is -1.04. The van der Waals surface area contributed by atoms with Crippen molar-refractivity contribution in [1.29, 1.82) is 0 Å². The van der Waals surface area contributed by atoms with Gasteiger partial charge in [0.05, 0.1) is 12.5 Å². The Morgan fingerprint density at radius 2 is 2.16 bits per heavy atom. The number of hydrogen-bond donors (Lipinski definition) is 1. The highest BCUT2D eigenvalue weighted by Crippen LogP contribution is 2.16. The minimum atomic E-state index is -0.758. The molecule has 19 heavy (non-hydrogen) atoms. The topological polar surface area (TPSA) is 60.9 Å². The van der Waals surface area contributed by atoms with Crippen LogP contribution in [0.25, 0.3) is 0 Å². The predicted molar refractivity (Wildman–Crippen MR) is 73.9 cm³/mol. The van der Waals surface area contributed by atoms with Crippen molar-refractivity contribution in [3.63, 3.8) is 0 Å². The molecular formula is C14H24N2O3. The van der Waals surface area contributed by atoms with E-state index in [1.807, 2.05) is 18.7 Å². The molecule has 0 aromatic carbocycles. The van der Waals surface area contributed by atoms with Crippen LogP contribution in [0.2, 0.25) is 0 Å². The van der Waals surface area contributed by atoms with Gasteiger partial charge in [0.2, 0.25) is 5.91 Å². The van der Waals surface area contributed by atoms with Crippen LogP contribution in [0.3, 0.4) is 0 Å². The normalized spacial score (nSPS) is 20.0. The molecule has 0 saturated carbocycles. The predicted octanol–water partition coefficient (Wildman–Crippen LogP) is 1.21. The number of likely N-dealkylation sites (N-methyl/N-ethyl adjacent to an activating group) is 1. The first-order valence-corrected chi connectivity index (χ1v) is 6.81. The van der Waals surface area contributed by atoms with Crippen LogP contribution in [-0.2, 0) is 9.59 Å². The quantitative estimate of drug-likeness (QED) is 0.736. The Hall–Kier alpha value is -1.36. The number of carbonyl (C=O) groups excluding carboxylic acids is 1. The Morgan fingerprint density at radius 1 is 1.47 bits per heavy atom. The van der Waals surface area contributed by atoms with E-state index < -0.39 is 5.97 Å². The van der Waals surface area contributed by atoms with Crippen LogP contribution in [0, 0.1) is 5.92 Å². The number of piperidine rings is 1. The Labute approximate surface area is 114 Å². The maximum absolute atomic E-state index is 12.2. The Balaban J connectivity index is 2.50. The summed E-state index contributed by atoms with van der Waals surface area (Å²) < 4.78 is 0. The van der Waals surface area contributed by atoms with Crippen molar-refractivity contribution >= 4 is 11.9 Å². The van der Waals surface area contributed by atoms with Gasteiger partial charge in [0.1, 0.15) is 0 Å². The number of hydrogen-bond acceptors (Lipinski definition) is 3. The zero-order valence-corrected chi connectivity index (χ0v) is 11.9. The van der Waals surface area contributed by atoms with E-state index in [1.165, 1.54) is 0 Å². The molecule has 1 rings (SSSR count). The number of aliphatic carboxylic acids is 1. The van der Waals surface area contributed by atoms with E-state index in [0.29, 0.717) is 32.6 Å². The lowest BCUT2D eigenvalue weighted by molar-refractivity contribution is -0.144. The van der Waals surface area contributed by atoms with E-state index >= 15 is 0 Å². The molecule has 1 saturated heterocycles. The highest BCUT2D eigenvalue weighted by Gasteiger charge is 2.27. The number of likely N-dealkylation sites (tertiary alicyclic amines) is 1. The molecule has 1 heterocycles. The molecule has 1 fully saturated rings. The van der Waals surface area contributed by atoms with Crippen LogP contribution < -0.4 is 0 Å². The summed E-state index contributed by atoms with van der Waals surface area (Å²) in [5.41, 5.74) is 0.956. The number of carbonyl (C=O) groups is 2. The van der Waals surface area contributed by atoms with Crippen molar-refractivity contribution in [2.45, 2.75) is 26.7 Å². The van der Waals surface area contributed by atoms with Crippen molar-refractivity contribution in [2.75, 3.05) is 32.7 Å². The van der Waals surface area contributed by atoms with Gasteiger partial charge in [0.15, 0.2) is 0 Å². The first kappa shape index (κ1) is 15.7. The molecule has 0 radical (unpaired) electrons. The summed E-state index contributed by atoms with van der Waals surface area (Å²) in [6, 6.07) is 0. The van der Waals surface area contributed by atoms with Gasteiger partial charge in [0, 0.05) is 19.6 Å². The van der Waals surface area contributed by atoms with Crippen molar-refractivity contribution in [1.82, 2.24) is 9.80 Å². The SMILES string of the molecule is C=C(C)CN(CC)C(=O)CN1CCCC(C(=O)O)C1. The second-order valence-electron chi connectivity index (χ2n) is 5.28. The molecule has 1 unspecified atom stereocenters. The summed E-state index contributed by atoms with van der Waals surface area (Å²) in [5, 5.41) is 9.03. The zero-order chi connectivity index (χ0) is 14.4. The lowest BCUT2D eigenvalue weighted by Crippen LogP contribution is -2.45. The number of carboxylic acid groups (broad SMARTS) is 1. The number of amides is 1. The first-order valence-electron chi connectivity index (χ1n) is 6.81. The van der Waals surface area contributed by atoms with Crippen molar-refractivity contribution in [3.05, 3.63) is 12.2 Å². The van der Waals surface area contributed by atoms with E-state index in [0.717, 1.165) is 18.5 Å². The fraction of sp³-hybridized carbons (Fsp3) is 0.714. The molecule has 5 heteroatoms. The number of rotatable bonds is 6. The molecule has 1 aliphatic rings. The van der Waals surface area contributed by atoms with Crippen molar-refractivity contribution in [3.8, 4) is 0 Å². The second-order valence-corrected chi connectivity index (χ2v) is 5.28. The molecule has 0 aromatic heterocycles. The molecule has 5 nitrogen and oxygen atoms in total. The van der Waals surface area contributed by atoms with E-state index in [9.17, 15) is 9.59 Å². The van der Waals surface area contributed by atoms with Gasteiger partial charge >= 0.3 is 5.97 Å². The Morgan fingerprint density at radius 3 is 2.68 bits per heavy atom. The van der Waals surface area contributed by atoms with E-state index in [-0.39, 0.29) is 11.8 Å². The van der Waals surface area contributed by atoms with Gasteiger partial charge in [-0.25, -0.2) is 0 Å². The van der Waals surface area contributed by atoms with Gasteiger partial charge < -0.3 is 10.0 Å². The third-order valence-electron chi connectivity index (χ3n) is 3.41. The van der Waals surface area contributed by atoms with E-state index in [1.54, 1.807) is 4.90 Å². The molecular weight excluding hydrogens is 244 g/mol. The van der Waals surface area contributed by atoms with Crippen LogP contribution in [0.5, 0.6) is 0 Å². The summed E-state index contributed by atoms with van der Waals surface area (Å²) >= 11 is 0. The molecule has 1 aliphatic heterocycles. The Kier molecular flexibility index (Phi) is 6.02. The van der Waals surface area contributed by atoms with Crippen LogP contribution >= 0.6 is 0 Å². The highest BCUT2D eigenvalue weighted by atomic mass is 16.4. The fourth-order valence-corrected chi connectivity index (χ4v) is 2.39. The van der Waals surface area contributed by atoms with Gasteiger partial charge in [-0.05, 0) is 33.2 Å². The van der Waals surface area contributed by atoms with Crippen LogP contribution in [-0.4, -0.2) is 59.5 Å². The summed E-state index contributed by atoms with van der Waals surface area (Å²) in [6.07, 6.45) is 1.56. The number of carboxylic acids is 1. The van der Waals surface area contributed by atoms with Crippen LogP contribution in [0.1, 0.15) is 26.7 Å². The third-order valence-corrected chi connectivity index (χ3v) is 3.41. The maximum atomic E-state index is 12.2. The molecule has 1 atom stereocenters. The van der Waals surface area contributed by atoms with Gasteiger partial charge in [-0.3, -0.25) is 14.5 Å². The Bertz CT molecular complexity index is 355. The van der Waals surface area contributed by atoms with Crippen LogP contribution in [0.4, 0.5) is 0 Å². The molecule has 0 bridgehead atoms. The molecule has 108 valence electrons. The molecule has 0 aliphatic carbocycles. The van der Waals surface area contributed by atoms with Gasteiger partial charge in [0.25, 0.3) is 0 Å². The largest absolute Gasteiger partial charge is 0.481 e. The summed E-state index contributed by atoms with van der Waals surface area (Å²) in [4.78, 5) is 26.8. The molecule has 0 spiro atoms. The van der Waals surface area contributed by atoms with Gasteiger partial charge in [-0.15, -0.1) is 0 Å². The molecule has 0 aromatic rings. The monoisotopic (exact) mass is 268 g/mol. The number of nitrogens with zero attached hydrogens (tertiary/aromatic N) is 2. The lowest BCUT2D eigenvalue weighted by atomic mass is 9.98. The second kappa shape index (κ2) is 7.28. The van der Waals surface area contributed by atoms with E-state index in [2.05, 4.69) is 6.58 Å². The maximum Gasteiger partial charge on any atom is 0.307 e. The molecule has 1 amide bonds. The first-order chi connectivity index (χ1) is 8.93. The van der Waals surface area contributed by atoms with Gasteiger partial charge in [-0.2, -0.15) is 0 Å². The summed E-state index contributed by atoms with van der Waals surface area (Å²) in [7, 11) is 0. The van der Waals surface area contributed by atoms with E-state index in [4.69, 9.17) is 5.11 Å². The van der Waals surface area contributed by atoms with Crippen molar-refractivity contribution < 1.29 is 14.7 Å². The minimum absolute atomic E-state index is 0.0524. The average Bonchev–Trinajstić information content (AvgIpc) is 2.35. The zero-order valence-electron chi connectivity index (χ0n) is 11.9. The smallest absolute Gasteiger partial charge is 0.307 e. The lowest BCUT2D eigenvalue weighted by Gasteiger charge is -2.32. The van der Waals surface area contributed by atoms with Gasteiger partial charge in [-0.1, -0.05) is 12.2 Å². The minimum Gasteiger partial charge on any atom is -0.481 e. The fourth-order valence-electron chi connectivity index (χ4n) is 2.39. The average molecular weight is 268 g/mol. The summed E-state index contributed by atoms with van der Waals surface area (Å²) in [6.45, 7) is 10.5. The highest BCUT2D eigenvalue weighted by molar-refractivity contribution is 5.78.